The SMILES string of the molecule is COc1ccc(/C(O)=C2\C(=O)C(=O)N(CCCN3CCOCC3)[C@@H]2c2cccc(OC)c2OC)cc1C. The van der Waals surface area contributed by atoms with Gasteiger partial charge in [0.2, 0.25) is 0 Å². The first kappa shape index (κ1) is 26.5. The Morgan fingerprint density at radius 1 is 1.00 bits per heavy atom. The van der Waals surface area contributed by atoms with Crippen LogP contribution < -0.4 is 14.2 Å². The van der Waals surface area contributed by atoms with Crippen LogP contribution in [-0.4, -0.2) is 87.3 Å². The molecule has 0 bridgehead atoms. The molecule has 198 valence electrons. The maximum absolute atomic E-state index is 13.4. The maximum atomic E-state index is 13.4. The van der Waals surface area contributed by atoms with E-state index in [2.05, 4.69) is 4.90 Å². The van der Waals surface area contributed by atoms with E-state index in [1.54, 1.807) is 43.5 Å². The monoisotopic (exact) mass is 510 g/mol. The van der Waals surface area contributed by atoms with Crippen molar-refractivity contribution in [2.75, 3.05) is 60.7 Å². The first-order valence-corrected chi connectivity index (χ1v) is 12.4. The molecule has 2 saturated heterocycles. The van der Waals surface area contributed by atoms with Crippen molar-refractivity contribution in [1.82, 2.24) is 9.80 Å². The van der Waals surface area contributed by atoms with E-state index in [-0.39, 0.29) is 11.3 Å². The molecule has 37 heavy (non-hydrogen) atoms. The molecule has 1 amide bonds. The Bertz CT molecular complexity index is 1190. The molecule has 0 unspecified atom stereocenters. The number of Topliss-reactive ketones (excluding diaryl/α,β-unsaturated/α-hetero) is 1. The summed E-state index contributed by atoms with van der Waals surface area (Å²) in [5, 5.41) is 11.4. The Kier molecular flexibility index (Phi) is 8.35. The molecule has 4 rings (SSSR count). The van der Waals surface area contributed by atoms with Crippen molar-refractivity contribution in [3.05, 3.63) is 58.7 Å². The molecular formula is C28H34N2O7. The molecule has 0 spiro atoms. The van der Waals surface area contributed by atoms with Crippen LogP contribution >= 0.6 is 0 Å². The van der Waals surface area contributed by atoms with E-state index >= 15 is 0 Å². The number of carbonyl (C=O) groups is 2. The van der Waals surface area contributed by atoms with Gasteiger partial charge in [0.15, 0.2) is 11.5 Å². The minimum atomic E-state index is -0.836. The second kappa shape index (κ2) is 11.7. The third kappa shape index (κ3) is 5.28. The smallest absolute Gasteiger partial charge is 0.295 e. The van der Waals surface area contributed by atoms with Gasteiger partial charge in [-0.1, -0.05) is 12.1 Å². The van der Waals surface area contributed by atoms with Crippen molar-refractivity contribution in [3.8, 4) is 17.2 Å². The Hall–Kier alpha value is -3.56. The lowest BCUT2D eigenvalue weighted by Gasteiger charge is -2.30. The summed E-state index contributed by atoms with van der Waals surface area (Å²) < 4.78 is 21.9. The zero-order valence-electron chi connectivity index (χ0n) is 21.8. The van der Waals surface area contributed by atoms with Crippen molar-refractivity contribution in [2.45, 2.75) is 19.4 Å². The summed E-state index contributed by atoms with van der Waals surface area (Å²) in [7, 11) is 4.61. The number of amides is 1. The molecule has 0 saturated carbocycles. The zero-order valence-corrected chi connectivity index (χ0v) is 21.8. The number of aryl methyl sites for hydroxylation is 1. The fourth-order valence-electron chi connectivity index (χ4n) is 5.03. The standard InChI is InChI=1S/C28H34N2O7/c1-18-17-19(9-10-21(18)34-2)25(31)23-24(20-7-5-8-22(35-3)27(20)36-4)30(28(33)26(23)32)12-6-11-29-13-15-37-16-14-29/h5,7-10,17,24,31H,6,11-16H2,1-4H3/b25-23+/t24-/m1/s1. The highest BCUT2D eigenvalue weighted by Crippen LogP contribution is 2.45. The van der Waals surface area contributed by atoms with E-state index in [4.69, 9.17) is 18.9 Å². The van der Waals surface area contributed by atoms with Crippen molar-refractivity contribution < 1.29 is 33.6 Å². The minimum Gasteiger partial charge on any atom is -0.507 e. The highest BCUT2D eigenvalue weighted by Gasteiger charge is 2.47. The zero-order chi connectivity index (χ0) is 26.5. The highest BCUT2D eigenvalue weighted by atomic mass is 16.5. The average Bonchev–Trinajstić information content (AvgIpc) is 3.17. The lowest BCUT2D eigenvalue weighted by Crippen LogP contribution is -2.39. The fourth-order valence-corrected chi connectivity index (χ4v) is 5.03. The van der Waals surface area contributed by atoms with Gasteiger partial charge in [0.1, 0.15) is 11.5 Å². The molecule has 0 aliphatic carbocycles. The maximum Gasteiger partial charge on any atom is 0.295 e. The second-order valence-electron chi connectivity index (χ2n) is 9.07. The third-order valence-electron chi connectivity index (χ3n) is 6.91. The number of benzene rings is 2. The summed E-state index contributed by atoms with van der Waals surface area (Å²) in [6.45, 7) is 6.00. The molecule has 2 fully saturated rings. The predicted molar refractivity (Wildman–Crippen MR) is 138 cm³/mol. The predicted octanol–water partition coefficient (Wildman–Crippen LogP) is 3.16. The van der Waals surface area contributed by atoms with Crippen molar-refractivity contribution in [2.24, 2.45) is 0 Å². The van der Waals surface area contributed by atoms with Crippen molar-refractivity contribution in [3.63, 3.8) is 0 Å². The summed E-state index contributed by atoms with van der Waals surface area (Å²) in [5.74, 6) is -0.0808. The van der Waals surface area contributed by atoms with Gasteiger partial charge < -0.3 is 29.0 Å². The molecule has 2 heterocycles. The number of likely N-dealkylation sites (tertiary alicyclic amines) is 1. The molecule has 9 heteroatoms. The largest absolute Gasteiger partial charge is 0.507 e. The van der Waals surface area contributed by atoms with Gasteiger partial charge in [0, 0.05) is 37.3 Å². The number of para-hydroxylation sites is 1. The average molecular weight is 511 g/mol. The Morgan fingerprint density at radius 2 is 1.73 bits per heavy atom. The van der Waals surface area contributed by atoms with Gasteiger partial charge in [-0.2, -0.15) is 0 Å². The summed E-state index contributed by atoms with van der Waals surface area (Å²) in [6, 6.07) is 9.62. The van der Waals surface area contributed by atoms with Crippen LogP contribution in [0.5, 0.6) is 17.2 Å². The van der Waals surface area contributed by atoms with Crippen LogP contribution in [0, 0.1) is 6.92 Å². The first-order valence-electron chi connectivity index (χ1n) is 12.4. The van der Waals surface area contributed by atoms with Crippen LogP contribution in [0.4, 0.5) is 0 Å². The molecule has 2 aliphatic heterocycles. The number of aliphatic hydroxyl groups excluding tert-OH is 1. The van der Waals surface area contributed by atoms with Gasteiger partial charge >= 0.3 is 0 Å². The molecule has 1 N–H and O–H groups in total. The lowest BCUT2D eigenvalue weighted by atomic mass is 9.93. The third-order valence-corrected chi connectivity index (χ3v) is 6.91. The Balaban J connectivity index is 1.77. The van der Waals surface area contributed by atoms with Crippen LogP contribution in [0.25, 0.3) is 5.76 Å². The first-order chi connectivity index (χ1) is 17.9. The molecule has 2 aromatic carbocycles. The molecular weight excluding hydrogens is 476 g/mol. The number of rotatable bonds is 9. The molecule has 2 aliphatic rings. The number of ketones is 1. The molecule has 0 aromatic heterocycles. The highest BCUT2D eigenvalue weighted by molar-refractivity contribution is 6.46. The van der Waals surface area contributed by atoms with Crippen LogP contribution in [0.2, 0.25) is 0 Å². The molecule has 9 nitrogen and oxygen atoms in total. The van der Waals surface area contributed by atoms with Crippen LogP contribution in [0.1, 0.15) is 29.2 Å². The number of methoxy groups -OCH3 is 3. The van der Waals surface area contributed by atoms with Gasteiger partial charge in [0.05, 0.1) is 46.2 Å². The molecule has 1 atom stereocenters. The number of morpholine rings is 1. The van der Waals surface area contributed by atoms with E-state index in [1.165, 1.54) is 19.1 Å². The van der Waals surface area contributed by atoms with E-state index < -0.39 is 17.7 Å². The molecule has 2 aromatic rings. The van der Waals surface area contributed by atoms with Gasteiger partial charge in [-0.3, -0.25) is 14.5 Å². The van der Waals surface area contributed by atoms with Gasteiger partial charge in [-0.15, -0.1) is 0 Å². The number of hydrogen-bond acceptors (Lipinski definition) is 8. The van der Waals surface area contributed by atoms with E-state index in [0.29, 0.717) is 54.6 Å². The normalized spacial score (nSPS) is 19.8. The second-order valence-corrected chi connectivity index (χ2v) is 9.07. The number of nitrogens with zero attached hydrogens (tertiary/aromatic N) is 2. The van der Waals surface area contributed by atoms with E-state index in [9.17, 15) is 14.7 Å². The van der Waals surface area contributed by atoms with Gasteiger partial charge in [-0.25, -0.2) is 0 Å². The number of carbonyl (C=O) groups excluding carboxylic acids is 2. The van der Waals surface area contributed by atoms with E-state index in [1.807, 2.05) is 6.92 Å². The van der Waals surface area contributed by atoms with Crippen LogP contribution in [-0.2, 0) is 14.3 Å². The van der Waals surface area contributed by atoms with Crippen LogP contribution in [0.15, 0.2) is 42.0 Å². The fraction of sp³-hybridized carbons (Fsp3) is 0.429. The Morgan fingerprint density at radius 3 is 2.38 bits per heavy atom. The summed E-state index contributed by atoms with van der Waals surface area (Å²) in [4.78, 5) is 30.6. The summed E-state index contributed by atoms with van der Waals surface area (Å²) in [6.07, 6.45) is 0.664. The quantitative estimate of drug-likeness (QED) is 0.312. The number of hydrogen-bond donors (Lipinski definition) is 1. The summed E-state index contributed by atoms with van der Waals surface area (Å²) in [5.41, 5.74) is 1.81. The lowest BCUT2D eigenvalue weighted by molar-refractivity contribution is -0.140. The van der Waals surface area contributed by atoms with Crippen molar-refractivity contribution >= 4 is 17.4 Å². The number of aliphatic hydroxyl groups is 1. The number of ether oxygens (including phenoxy) is 4. The molecule has 0 radical (unpaired) electrons. The van der Waals surface area contributed by atoms with E-state index in [0.717, 1.165) is 25.2 Å². The topological polar surface area (TPSA) is 97.8 Å². The van der Waals surface area contributed by atoms with Crippen molar-refractivity contribution in [1.29, 1.82) is 0 Å². The Labute approximate surface area is 217 Å². The minimum absolute atomic E-state index is 0.0208. The van der Waals surface area contributed by atoms with Gasteiger partial charge in [-0.05, 0) is 43.2 Å². The summed E-state index contributed by atoms with van der Waals surface area (Å²) >= 11 is 0. The van der Waals surface area contributed by atoms with Gasteiger partial charge in [0.25, 0.3) is 11.7 Å². The van der Waals surface area contributed by atoms with Crippen LogP contribution in [0.3, 0.4) is 0 Å².